The van der Waals surface area contributed by atoms with Crippen molar-refractivity contribution in [2.75, 3.05) is 45.3 Å². The summed E-state index contributed by atoms with van der Waals surface area (Å²) in [6.07, 6.45) is 5.16. The SMILES string of the molecule is CCOC(=O)C1CCCN(C(=NC)NCCCSC)C1.I. The molecule has 7 heteroatoms. The van der Waals surface area contributed by atoms with Gasteiger partial charge in [-0.2, -0.15) is 11.8 Å². The lowest BCUT2D eigenvalue weighted by atomic mass is 9.98. The van der Waals surface area contributed by atoms with Crippen molar-refractivity contribution in [3.8, 4) is 0 Å². The Labute approximate surface area is 149 Å². The van der Waals surface area contributed by atoms with E-state index in [2.05, 4.69) is 21.5 Å². The monoisotopic (exact) mass is 429 g/mol. The van der Waals surface area contributed by atoms with Crippen LogP contribution in [-0.4, -0.2) is 62.1 Å². The number of hydrogen-bond acceptors (Lipinski definition) is 4. The van der Waals surface area contributed by atoms with Crippen LogP contribution in [0.3, 0.4) is 0 Å². The van der Waals surface area contributed by atoms with Crippen molar-refractivity contribution >= 4 is 47.7 Å². The fourth-order valence-corrected chi connectivity index (χ4v) is 2.80. The van der Waals surface area contributed by atoms with E-state index in [-0.39, 0.29) is 35.9 Å². The number of halogens is 1. The second kappa shape index (κ2) is 12.4. The summed E-state index contributed by atoms with van der Waals surface area (Å²) in [4.78, 5) is 18.3. The molecule has 21 heavy (non-hydrogen) atoms. The quantitative estimate of drug-likeness (QED) is 0.231. The summed E-state index contributed by atoms with van der Waals surface area (Å²) in [5.41, 5.74) is 0. The lowest BCUT2D eigenvalue weighted by molar-refractivity contribution is -0.149. The standard InChI is InChI=1S/C14H27N3O2S.HI/c1-4-19-13(18)12-7-5-9-17(11-12)14(15-2)16-8-6-10-20-3;/h12H,4-11H2,1-3H3,(H,15,16);1H. The summed E-state index contributed by atoms with van der Waals surface area (Å²) in [6, 6.07) is 0. The average Bonchev–Trinajstić information content (AvgIpc) is 2.48. The number of piperidine rings is 1. The molecule has 1 heterocycles. The molecule has 1 fully saturated rings. The van der Waals surface area contributed by atoms with E-state index in [1.54, 1.807) is 7.05 Å². The highest BCUT2D eigenvalue weighted by molar-refractivity contribution is 14.0. The van der Waals surface area contributed by atoms with E-state index in [0.717, 1.165) is 44.1 Å². The molecule has 1 rings (SSSR count). The molecule has 5 nitrogen and oxygen atoms in total. The maximum absolute atomic E-state index is 11.8. The predicted molar refractivity (Wildman–Crippen MR) is 101 cm³/mol. The Kier molecular flexibility index (Phi) is 12.3. The molecule has 0 saturated carbocycles. The van der Waals surface area contributed by atoms with Gasteiger partial charge < -0.3 is 15.0 Å². The molecule has 1 atom stereocenters. The summed E-state index contributed by atoms with van der Waals surface area (Å²) in [5.74, 6) is 1.96. The maximum atomic E-state index is 11.8. The Morgan fingerprint density at radius 2 is 2.29 bits per heavy atom. The predicted octanol–water partition coefficient (Wildman–Crippen LogP) is 2.21. The third-order valence-electron chi connectivity index (χ3n) is 3.36. The number of aliphatic imine (C=N–C) groups is 1. The zero-order valence-corrected chi connectivity index (χ0v) is 16.4. The molecule has 0 aromatic carbocycles. The number of ether oxygens (including phenoxy) is 1. The number of likely N-dealkylation sites (tertiary alicyclic amines) is 1. The van der Waals surface area contributed by atoms with Crippen molar-refractivity contribution in [1.29, 1.82) is 0 Å². The molecule has 124 valence electrons. The smallest absolute Gasteiger partial charge is 0.310 e. The van der Waals surface area contributed by atoms with Crippen LogP contribution in [0.4, 0.5) is 0 Å². The fourth-order valence-electron chi connectivity index (χ4n) is 2.37. The number of thioether (sulfide) groups is 1. The minimum atomic E-state index is -0.0740. The summed E-state index contributed by atoms with van der Waals surface area (Å²) in [6.45, 7) is 4.90. The minimum absolute atomic E-state index is 0. The first-order chi connectivity index (χ1) is 9.72. The van der Waals surface area contributed by atoms with Gasteiger partial charge in [-0.15, -0.1) is 24.0 Å². The highest BCUT2D eigenvalue weighted by Crippen LogP contribution is 2.18. The molecule has 1 unspecified atom stereocenters. The van der Waals surface area contributed by atoms with Crippen molar-refractivity contribution in [2.24, 2.45) is 10.9 Å². The second-order valence-corrected chi connectivity index (χ2v) is 5.84. The minimum Gasteiger partial charge on any atom is -0.466 e. The molecule has 0 aliphatic carbocycles. The number of esters is 1. The number of guanidine groups is 1. The molecule has 0 aromatic rings. The Morgan fingerprint density at radius 3 is 2.90 bits per heavy atom. The van der Waals surface area contributed by atoms with Crippen LogP contribution in [0.1, 0.15) is 26.2 Å². The van der Waals surface area contributed by atoms with Crippen LogP contribution in [0, 0.1) is 5.92 Å². The molecule has 1 aliphatic heterocycles. The Hall–Kier alpha value is -0.180. The van der Waals surface area contributed by atoms with Gasteiger partial charge in [0.2, 0.25) is 0 Å². The van der Waals surface area contributed by atoms with Crippen LogP contribution in [-0.2, 0) is 9.53 Å². The van der Waals surface area contributed by atoms with Gasteiger partial charge in [-0.1, -0.05) is 0 Å². The molecule has 0 bridgehead atoms. The normalized spacial score (nSPS) is 18.9. The second-order valence-electron chi connectivity index (χ2n) is 4.86. The van der Waals surface area contributed by atoms with E-state index in [1.807, 2.05) is 18.7 Å². The van der Waals surface area contributed by atoms with Gasteiger partial charge in [-0.3, -0.25) is 9.79 Å². The highest BCUT2D eigenvalue weighted by atomic mass is 127. The van der Waals surface area contributed by atoms with E-state index in [9.17, 15) is 4.79 Å². The zero-order chi connectivity index (χ0) is 14.8. The van der Waals surface area contributed by atoms with Crippen LogP contribution in [0.15, 0.2) is 4.99 Å². The van der Waals surface area contributed by atoms with Crippen molar-refractivity contribution in [3.05, 3.63) is 0 Å². The van der Waals surface area contributed by atoms with E-state index < -0.39 is 0 Å². The number of nitrogens with zero attached hydrogens (tertiary/aromatic N) is 2. The molecule has 0 spiro atoms. The zero-order valence-electron chi connectivity index (χ0n) is 13.3. The Bertz CT molecular complexity index is 329. The topological polar surface area (TPSA) is 53.9 Å². The molecular weight excluding hydrogens is 401 g/mol. The molecule has 1 aliphatic rings. The Morgan fingerprint density at radius 1 is 1.52 bits per heavy atom. The van der Waals surface area contributed by atoms with E-state index in [4.69, 9.17) is 4.74 Å². The fraction of sp³-hybridized carbons (Fsp3) is 0.857. The van der Waals surface area contributed by atoms with E-state index >= 15 is 0 Å². The van der Waals surface area contributed by atoms with Crippen LogP contribution in [0.5, 0.6) is 0 Å². The lowest BCUT2D eigenvalue weighted by Crippen LogP contribution is -2.48. The van der Waals surface area contributed by atoms with Crippen LogP contribution < -0.4 is 5.32 Å². The first kappa shape index (κ1) is 20.8. The number of carbonyl (C=O) groups excluding carboxylic acids is 1. The van der Waals surface area contributed by atoms with Gasteiger partial charge in [0.05, 0.1) is 12.5 Å². The van der Waals surface area contributed by atoms with Crippen molar-refractivity contribution < 1.29 is 9.53 Å². The average molecular weight is 429 g/mol. The molecular formula is C14H28IN3O2S. The van der Waals surface area contributed by atoms with E-state index in [0.29, 0.717) is 13.2 Å². The molecule has 1 N–H and O–H groups in total. The van der Waals surface area contributed by atoms with Gasteiger partial charge >= 0.3 is 5.97 Å². The molecule has 0 radical (unpaired) electrons. The third kappa shape index (κ3) is 7.58. The summed E-state index contributed by atoms with van der Waals surface area (Å²) >= 11 is 1.85. The number of rotatable bonds is 6. The van der Waals surface area contributed by atoms with Crippen molar-refractivity contribution in [1.82, 2.24) is 10.2 Å². The van der Waals surface area contributed by atoms with Crippen molar-refractivity contribution in [3.63, 3.8) is 0 Å². The van der Waals surface area contributed by atoms with Crippen LogP contribution in [0.25, 0.3) is 0 Å². The summed E-state index contributed by atoms with van der Waals surface area (Å²) < 4.78 is 5.13. The van der Waals surface area contributed by atoms with Gasteiger partial charge in [0, 0.05) is 26.7 Å². The first-order valence-electron chi connectivity index (χ1n) is 7.34. The van der Waals surface area contributed by atoms with Gasteiger partial charge in [0.25, 0.3) is 0 Å². The highest BCUT2D eigenvalue weighted by Gasteiger charge is 2.28. The molecule has 1 saturated heterocycles. The lowest BCUT2D eigenvalue weighted by Gasteiger charge is -2.33. The largest absolute Gasteiger partial charge is 0.466 e. The van der Waals surface area contributed by atoms with Gasteiger partial charge in [-0.05, 0) is 38.2 Å². The van der Waals surface area contributed by atoms with Crippen LogP contribution in [0.2, 0.25) is 0 Å². The molecule has 0 amide bonds. The first-order valence-corrected chi connectivity index (χ1v) is 8.73. The van der Waals surface area contributed by atoms with Gasteiger partial charge in [0.15, 0.2) is 5.96 Å². The molecule has 0 aromatic heterocycles. The van der Waals surface area contributed by atoms with Gasteiger partial charge in [0.1, 0.15) is 0 Å². The Balaban J connectivity index is 0.00000400. The summed E-state index contributed by atoms with van der Waals surface area (Å²) in [5, 5.41) is 3.38. The van der Waals surface area contributed by atoms with Crippen molar-refractivity contribution in [2.45, 2.75) is 26.2 Å². The van der Waals surface area contributed by atoms with Gasteiger partial charge in [-0.25, -0.2) is 0 Å². The van der Waals surface area contributed by atoms with E-state index in [1.165, 1.54) is 0 Å². The number of nitrogens with one attached hydrogen (secondary N) is 1. The maximum Gasteiger partial charge on any atom is 0.310 e. The number of hydrogen-bond donors (Lipinski definition) is 1. The number of carbonyl (C=O) groups is 1. The third-order valence-corrected chi connectivity index (χ3v) is 4.06. The van der Waals surface area contributed by atoms with Crippen LogP contribution >= 0.6 is 35.7 Å². The summed E-state index contributed by atoms with van der Waals surface area (Å²) in [7, 11) is 1.80.